The molecule has 2 spiro atoms. The van der Waals surface area contributed by atoms with Gasteiger partial charge in [0, 0.05) is 19.6 Å². The van der Waals surface area contributed by atoms with Crippen LogP contribution in [0.1, 0.15) is 56.6 Å². The Balaban J connectivity index is 0.980. The zero-order valence-corrected chi connectivity index (χ0v) is 18.4. The Hall–Kier alpha value is -1.88. The van der Waals surface area contributed by atoms with Crippen molar-refractivity contribution in [2.45, 2.75) is 51.0 Å². The molecule has 1 heterocycles. The van der Waals surface area contributed by atoms with Crippen LogP contribution in [0.25, 0.3) is 0 Å². The van der Waals surface area contributed by atoms with Crippen LogP contribution < -0.4 is 5.32 Å². The number of fused-ring (bicyclic) bond motifs is 1. The van der Waals surface area contributed by atoms with Gasteiger partial charge in [0.15, 0.2) is 0 Å². The molecule has 162 valence electrons. The fourth-order valence-corrected chi connectivity index (χ4v) is 6.35. The first-order chi connectivity index (χ1) is 14.5. The molecule has 0 aromatic heterocycles. The van der Waals surface area contributed by atoms with Gasteiger partial charge in [-0.1, -0.05) is 36.8 Å². The molecule has 5 heteroatoms. The number of rotatable bonds is 9. The number of carbonyl (C=O) groups excluding carboxylic acids is 2. The normalized spacial score (nSPS) is 24.0. The molecule has 3 saturated carbocycles. The van der Waals surface area contributed by atoms with Gasteiger partial charge in [0.05, 0.1) is 5.92 Å². The van der Waals surface area contributed by atoms with Crippen molar-refractivity contribution in [1.29, 1.82) is 0 Å². The van der Waals surface area contributed by atoms with Gasteiger partial charge in [0.25, 0.3) is 0 Å². The minimum absolute atomic E-state index is 0.0686. The lowest BCUT2D eigenvalue weighted by molar-refractivity contribution is -0.140. The van der Waals surface area contributed by atoms with E-state index in [-0.39, 0.29) is 11.9 Å². The average molecular weight is 410 g/mol. The first kappa shape index (κ1) is 20.0. The Morgan fingerprint density at radius 2 is 1.70 bits per heavy atom. The Morgan fingerprint density at radius 1 is 1.07 bits per heavy atom. The molecule has 1 atom stereocenters. The van der Waals surface area contributed by atoms with Crippen LogP contribution in [0, 0.1) is 22.7 Å². The number of nitrogens with zero attached hydrogens (tertiary/aromatic N) is 2. The predicted octanol–water partition coefficient (Wildman–Crippen LogP) is 3.22. The summed E-state index contributed by atoms with van der Waals surface area (Å²) in [5.41, 5.74) is 1.99. The minimum Gasteiger partial charge on any atom is -0.354 e. The Labute approximate surface area is 180 Å². The highest BCUT2D eigenvalue weighted by molar-refractivity contribution is 5.87. The lowest BCUT2D eigenvalue weighted by Gasteiger charge is -2.40. The summed E-state index contributed by atoms with van der Waals surface area (Å²) >= 11 is 0. The number of carbonyl (C=O) groups is 2. The maximum absolute atomic E-state index is 12.8. The van der Waals surface area contributed by atoms with Crippen molar-refractivity contribution in [3.05, 3.63) is 35.9 Å². The zero-order valence-electron chi connectivity index (χ0n) is 18.4. The number of likely N-dealkylation sites (N-methyl/N-ethyl adjacent to an activating group) is 1. The summed E-state index contributed by atoms with van der Waals surface area (Å²) < 4.78 is 0. The maximum Gasteiger partial charge on any atom is 0.241 e. The SMILES string of the molecule is CN(C)C(C(=O)NCCCCC1CN(C(=O)C2C3(CC3)C23CC3)C1)c1ccccc1. The van der Waals surface area contributed by atoms with Gasteiger partial charge in [-0.25, -0.2) is 0 Å². The average Bonchev–Trinajstić information content (AvgIpc) is 3.61. The number of likely N-dealkylation sites (tertiary alicyclic amines) is 1. The summed E-state index contributed by atoms with van der Waals surface area (Å²) in [6.07, 6.45) is 8.52. The quantitative estimate of drug-likeness (QED) is 0.637. The van der Waals surface area contributed by atoms with Crippen LogP contribution in [0.2, 0.25) is 0 Å². The highest BCUT2D eigenvalue weighted by Gasteiger charge is 2.89. The van der Waals surface area contributed by atoms with Crippen LogP contribution in [0.15, 0.2) is 30.3 Å². The van der Waals surface area contributed by atoms with E-state index in [9.17, 15) is 9.59 Å². The topological polar surface area (TPSA) is 52.7 Å². The number of benzene rings is 1. The standard InChI is InChI=1S/C25H35N3O2/c1-27(2)20(19-9-4-3-5-10-19)22(29)26-15-7-6-8-18-16-28(17-18)23(30)21-24(11-12-24)25(21)13-14-25/h3-5,9-10,18,20-21H,6-8,11-17H2,1-2H3,(H,26,29). The molecule has 1 aliphatic heterocycles. The van der Waals surface area contributed by atoms with E-state index in [0.29, 0.717) is 28.6 Å². The molecule has 30 heavy (non-hydrogen) atoms. The van der Waals surface area contributed by atoms with Gasteiger partial charge in [-0.05, 0) is 74.9 Å². The second kappa shape index (κ2) is 7.37. The first-order valence-electron chi connectivity index (χ1n) is 11.8. The zero-order chi connectivity index (χ0) is 20.9. The fourth-order valence-electron chi connectivity index (χ4n) is 6.35. The number of hydrogen-bond acceptors (Lipinski definition) is 3. The molecule has 1 unspecified atom stereocenters. The Kier molecular flexibility index (Phi) is 4.92. The second-order valence-electron chi connectivity index (χ2n) is 10.4. The van der Waals surface area contributed by atoms with Crippen molar-refractivity contribution < 1.29 is 9.59 Å². The molecular formula is C25H35N3O2. The summed E-state index contributed by atoms with van der Waals surface area (Å²) in [6, 6.07) is 9.69. The van der Waals surface area contributed by atoms with Gasteiger partial charge in [0.1, 0.15) is 6.04 Å². The molecule has 5 rings (SSSR count). The van der Waals surface area contributed by atoms with Crippen molar-refractivity contribution in [1.82, 2.24) is 15.1 Å². The molecule has 4 aliphatic rings. The van der Waals surface area contributed by atoms with Crippen LogP contribution in [0.3, 0.4) is 0 Å². The van der Waals surface area contributed by atoms with E-state index in [0.717, 1.165) is 44.5 Å². The molecule has 2 amide bonds. The van der Waals surface area contributed by atoms with Crippen LogP contribution >= 0.6 is 0 Å². The number of amides is 2. The predicted molar refractivity (Wildman–Crippen MR) is 117 cm³/mol. The van der Waals surface area contributed by atoms with E-state index in [1.165, 1.54) is 25.7 Å². The maximum atomic E-state index is 12.8. The monoisotopic (exact) mass is 409 g/mol. The van der Waals surface area contributed by atoms with Crippen molar-refractivity contribution in [2.24, 2.45) is 22.7 Å². The summed E-state index contributed by atoms with van der Waals surface area (Å²) in [4.78, 5) is 29.6. The van der Waals surface area contributed by atoms with Crippen molar-refractivity contribution in [3.8, 4) is 0 Å². The van der Waals surface area contributed by atoms with E-state index in [2.05, 4.69) is 10.2 Å². The summed E-state index contributed by atoms with van der Waals surface area (Å²) in [5.74, 6) is 1.60. The second-order valence-corrected chi connectivity index (χ2v) is 10.4. The highest BCUT2D eigenvalue weighted by Crippen LogP contribution is 2.92. The van der Waals surface area contributed by atoms with Crippen molar-refractivity contribution >= 4 is 11.8 Å². The molecule has 1 aromatic carbocycles. The molecule has 1 N–H and O–H groups in total. The Morgan fingerprint density at radius 3 is 2.27 bits per heavy atom. The third kappa shape index (κ3) is 3.26. The molecule has 1 aromatic rings. The first-order valence-corrected chi connectivity index (χ1v) is 11.8. The Bertz CT molecular complexity index is 789. The molecule has 5 nitrogen and oxygen atoms in total. The summed E-state index contributed by atoms with van der Waals surface area (Å²) in [6.45, 7) is 2.65. The molecule has 4 fully saturated rings. The molecular weight excluding hydrogens is 374 g/mol. The molecule has 1 saturated heterocycles. The molecule has 3 aliphatic carbocycles. The van der Waals surface area contributed by atoms with E-state index < -0.39 is 0 Å². The largest absolute Gasteiger partial charge is 0.354 e. The third-order valence-corrected chi connectivity index (χ3v) is 8.33. The number of nitrogens with one attached hydrogen (secondary N) is 1. The van der Waals surface area contributed by atoms with Gasteiger partial charge in [0.2, 0.25) is 11.8 Å². The van der Waals surface area contributed by atoms with Gasteiger partial charge in [-0.15, -0.1) is 0 Å². The van der Waals surface area contributed by atoms with Crippen LogP contribution in [0.4, 0.5) is 0 Å². The lowest BCUT2D eigenvalue weighted by atomic mass is 9.93. The molecule has 0 bridgehead atoms. The summed E-state index contributed by atoms with van der Waals surface area (Å²) in [5, 5.41) is 3.11. The smallest absolute Gasteiger partial charge is 0.241 e. The highest BCUT2D eigenvalue weighted by atomic mass is 16.2. The fraction of sp³-hybridized carbons (Fsp3) is 0.680. The van der Waals surface area contributed by atoms with Crippen LogP contribution in [-0.4, -0.2) is 55.3 Å². The summed E-state index contributed by atoms with van der Waals surface area (Å²) in [7, 11) is 3.89. The van der Waals surface area contributed by atoms with Crippen molar-refractivity contribution in [3.63, 3.8) is 0 Å². The van der Waals surface area contributed by atoms with Gasteiger partial charge in [-0.2, -0.15) is 0 Å². The van der Waals surface area contributed by atoms with E-state index >= 15 is 0 Å². The van der Waals surface area contributed by atoms with Gasteiger partial charge in [-0.3, -0.25) is 14.5 Å². The van der Waals surface area contributed by atoms with E-state index in [1.54, 1.807) is 0 Å². The van der Waals surface area contributed by atoms with Gasteiger partial charge < -0.3 is 10.2 Å². The third-order valence-electron chi connectivity index (χ3n) is 8.33. The minimum atomic E-state index is -0.246. The number of unbranched alkanes of at least 4 members (excludes halogenated alkanes) is 1. The van der Waals surface area contributed by atoms with E-state index in [1.807, 2.05) is 49.3 Å². The van der Waals surface area contributed by atoms with Crippen molar-refractivity contribution in [2.75, 3.05) is 33.7 Å². The lowest BCUT2D eigenvalue weighted by Crippen LogP contribution is -2.51. The van der Waals surface area contributed by atoms with Crippen LogP contribution in [-0.2, 0) is 9.59 Å². The molecule has 0 radical (unpaired) electrons. The van der Waals surface area contributed by atoms with E-state index in [4.69, 9.17) is 0 Å². The van der Waals surface area contributed by atoms with Gasteiger partial charge >= 0.3 is 0 Å². The van der Waals surface area contributed by atoms with Crippen LogP contribution in [0.5, 0.6) is 0 Å². The number of hydrogen-bond donors (Lipinski definition) is 1.